The summed E-state index contributed by atoms with van der Waals surface area (Å²) < 4.78 is 1.92. The van der Waals surface area contributed by atoms with Gasteiger partial charge in [-0.15, -0.1) is 0 Å². The fourth-order valence-corrected chi connectivity index (χ4v) is 2.83. The van der Waals surface area contributed by atoms with Crippen molar-refractivity contribution >= 4 is 23.1 Å². The van der Waals surface area contributed by atoms with Crippen LogP contribution in [0.1, 0.15) is 37.6 Å². The first-order valence-electron chi connectivity index (χ1n) is 8.53. The van der Waals surface area contributed by atoms with Crippen LogP contribution in [0, 0.1) is 0 Å². The van der Waals surface area contributed by atoms with Gasteiger partial charge >= 0.3 is 0 Å². The number of aromatic nitrogens is 4. The van der Waals surface area contributed by atoms with Crippen LogP contribution in [0.4, 0.5) is 11.9 Å². The van der Waals surface area contributed by atoms with E-state index in [9.17, 15) is 0 Å². The van der Waals surface area contributed by atoms with Crippen LogP contribution in [-0.2, 0) is 6.42 Å². The van der Waals surface area contributed by atoms with Gasteiger partial charge in [0.1, 0.15) is 5.52 Å². The second kappa shape index (κ2) is 7.48. The maximum Gasteiger partial charge on any atom is 0.225 e. The number of nitrogen functional groups attached to an aromatic ring is 1. The molecule has 0 bridgehead atoms. The average Bonchev–Trinajstić information content (AvgIpc) is 2.92. The molecule has 3 rings (SSSR count). The first-order chi connectivity index (χ1) is 12.1. The summed E-state index contributed by atoms with van der Waals surface area (Å²) in [6, 6.07) is 10.3. The van der Waals surface area contributed by atoms with Gasteiger partial charge in [-0.1, -0.05) is 30.3 Å². The third-order valence-electron chi connectivity index (χ3n) is 3.99. The minimum Gasteiger partial charge on any atom is -0.396 e. The smallest absolute Gasteiger partial charge is 0.225 e. The molecule has 0 amide bonds. The fourth-order valence-electron chi connectivity index (χ4n) is 2.83. The fraction of sp³-hybridized carbons (Fsp3) is 0.389. The molecule has 4 N–H and O–H groups in total. The molecule has 132 valence electrons. The van der Waals surface area contributed by atoms with Crippen LogP contribution in [0.3, 0.4) is 0 Å². The van der Waals surface area contributed by atoms with Crippen molar-refractivity contribution < 1.29 is 5.11 Å². The Morgan fingerprint density at radius 2 is 1.92 bits per heavy atom. The maximum absolute atomic E-state index is 8.97. The van der Waals surface area contributed by atoms with Crippen LogP contribution in [0.2, 0.25) is 0 Å². The largest absolute Gasteiger partial charge is 0.396 e. The minimum atomic E-state index is 0.128. The van der Waals surface area contributed by atoms with Crippen molar-refractivity contribution in [2.24, 2.45) is 0 Å². The van der Waals surface area contributed by atoms with Crippen molar-refractivity contribution in [1.82, 2.24) is 19.5 Å². The normalized spacial score (nSPS) is 11.4. The van der Waals surface area contributed by atoms with Gasteiger partial charge in [0.25, 0.3) is 0 Å². The van der Waals surface area contributed by atoms with Crippen molar-refractivity contribution in [2.75, 3.05) is 24.2 Å². The molecule has 2 heterocycles. The number of aliphatic hydroxyl groups excluding tert-OH is 1. The van der Waals surface area contributed by atoms with Crippen molar-refractivity contribution in [3.05, 3.63) is 41.6 Å². The first-order valence-corrected chi connectivity index (χ1v) is 8.53. The summed E-state index contributed by atoms with van der Waals surface area (Å²) in [6.07, 6.45) is 1.30. The lowest BCUT2D eigenvalue weighted by Crippen LogP contribution is -2.11. The van der Waals surface area contributed by atoms with Crippen molar-refractivity contribution in [2.45, 2.75) is 32.7 Å². The number of nitrogens with two attached hydrogens (primary N) is 1. The summed E-state index contributed by atoms with van der Waals surface area (Å²) in [5.41, 5.74) is 9.59. The Hall–Kier alpha value is -2.67. The molecule has 0 aliphatic rings. The molecule has 0 saturated heterocycles. The number of rotatable bonds is 7. The van der Waals surface area contributed by atoms with Crippen LogP contribution in [0.5, 0.6) is 0 Å². The zero-order valence-electron chi connectivity index (χ0n) is 14.6. The molecule has 0 spiro atoms. The Balaban J connectivity index is 2.07. The third-order valence-corrected chi connectivity index (χ3v) is 3.99. The van der Waals surface area contributed by atoms with Gasteiger partial charge in [-0.05, 0) is 25.8 Å². The molecule has 0 aliphatic carbocycles. The number of anilines is 2. The Kier molecular flexibility index (Phi) is 5.14. The summed E-state index contributed by atoms with van der Waals surface area (Å²) >= 11 is 0. The van der Waals surface area contributed by atoms with E-state index in [1.54, 1.807) is 0 Å². The SMILES string of the molecule is CC(C)n1c(N)nc2c(Cc3ccccc3)nc(NCCCO)nc21. The Bertz CT molecular complexity index is 844. The van der Waals surface area contributed by atoms with E-state index in [0.717, 1.165) is 22.4 Å². The number of nitrogens with one attached hydrogen (secondary N) is 1. The van der Waals surface area contributed by atoms with Gasteiger partial charge < -0.3 is 16.2 Å². The maximum atomic E-state index is 8.97. The summed E-state index contributed by atoms with van der Waals surface area (Å²) in [4.78, 5) is 13.8. The van der Waals surface area contributed by atoms with Crippen LogP contribution in [0.25, 0.3) is 11.2 Å². The zero-order valence-corrected chi connectivity index (χ0v) is 14.6. The van der Waals surface area contributed by atoms with Gasteiger partial charge in [-0.25, -0.2) is 9.97 Å². The van der Waals surface area contributed by atoms with E-state index in [2.05, 4.69) is 46.2 Å². The van der Waals surface area contributed by atoms with Gasteiger partial charge in [0.05, 0.1) is 5.69 Å². The van der Waals surface area contributed by atoms with Gasteiger partial charge in [0.2, 0.25) is 11.9 Å². The molecule has 3 aromatic rings. The van der Waals surface area contributed by atoms with E-state index in [1.807, 2.05) is 22.8 Å². The standard InChI is InChI=1S/C18H24N6O/c1-12(2)24-16-15(22-17(24)19)14(11-13-7-4-3-5-8-13)21-18(23-16)20-9-6-10-25/h3-5,7-8,12,25H,6,9-11H2,1-2H3,(H2,19,22)(H,20,21,23). The monoisotopic (exact) mass is 340 g/mol. The Labute approximate surface area is 146 Å². The minimum absolute atomic E-state index is 0.128. The number of imidazole rings is 1. The highest BCUT2D eigenvalue weighted by molar-refractivity contribution is 5.78. The third kappa shape index (κ3) is 3.71. The van der Waals surface area contributed by atoms with E-state index < -0.39 is 0 Å². The highest BCUT2D eigenvalue weighted by Crippen LogP contribution is 2.25. The molecule has 2 aromatic heterocycles. The number of benzene rings is 1. The van der Waals surface area contributed by atoms with Crippen LogP contribution >= 0.6 is 0 Å². The highest BCUT2D eigenvalue weighted by atomic mass is 16.3. The molecule has 25 heavy (non-hydrogen) atoms. The Morgan fingerprint density at radius 3 is 2.60 bits per heavy atom. The highest BCUT2D eigenvalue weighted by Gasteiger charge is 2.18. The lowest BCUT2D eigenvalue weighted by atomic mass is 10.1. The lowest BCUT2D eigenvalue weighted by molar-refractivity contribution is 0.292. The molecule has 0 radical (unpaired) electrons. The van der Waals surface area contributed by atoms with E-state index in [1.165, 1.54) is 0 Å². The van der Waals surface area contributed by atoms with Crippen molar-refractivity contribution in [3.8, 4) is 0 Å². The zero-order chi connectivity index (χ0) is 17.8. The molecule has 0 unspecified atom stereocenters. The number of hydrogen-bond donors (Lipinski definition) is 3. The number of aliphatic hydroxyl groups is 1. The first kappa shape index (κ1) is 17.2. The predicted octanol–water partition coefficient (Wildman–Crippen LogP) is 2.37. The molecule has 7 heteroatoms. The average molecular weight is 340 g/mol. The quantitative estimate of drug-likeness (QED) is 0.571. The summed E-state index contributed by atoms with van der Waals surface area (Å²) in [7, 11) is 0. The second-order valence-corrected chi connectivity index (χ2v) is 6.27. The van der Waals surface area contributed by atoms with Crippen LogP contribution in [0.15, 0.2) is 30.3 Å². The van der Waals surface area contributed by atoms with Gasteiger partial charge in [0, 0.05) is 25.6 Å². The van der Waals surface area contributed by atoms with Crippen LogP contribution < -0.4 is 11.1 Å². The predicted molar refractivity (Wildman–Crippen MR) is 99.6 cm³/mol. The summed E-state index contributed by atoms with van der Waals surface area (Å²) in [5, 5.41) is 12.1. The molecule has 7 nitrogen and oxygen atoms in total. The van der Waals surface area contributed by atoms with Gasteiger partial charge in [0.15, 0.2) is 5.65 Å². The van der Waals surface area contributed by atoms with E-state index >= 15 is 0 Å². The molecular weight excluding hydrogens is 316 g/mol. The van der Waals surface area contributed by atoms with Crippen molar-refractivity contribution in [1.29, 1.82) is 0 Å². The van der Waals surface area contributed by atoms with Crippen LogP contribution in [-0.4, -0.2) is 37.8 Å². The molecule has 0 saturated carbocycles. The van der Waals surface area contributed by atoms with E-state index in [0.29, 0.717) is 31.3 Å². The topological polar surface area (TPSA) is 102 Å². The summed E-state index contributed by atoms with van der Waals surface area (Å²) in [5.74, 6) is 0.981. The Morgan fingerprint density at radius 1 is 1.16 bits per heavy atom. The number of hydrogen-bond acceptors (Lipinski definition) is 6. The lowest BCUT2D eigenvalue weighted by Gasteiger charge is -2.11. The second-order valence-electron chi connectivity index (χ2n) is 6.27. The molecule has 0 atom stereocenters. The van der Waals surface area contributed by atoms with Gasteiger partial charge in [-0.2, -0.15) is 4.98 Å². The van der Waals surface area contributed by atoms with Crippen molar-refractivity contribution in [3.63, 3.8) is 0 Å². The molecule has 0 fully saturated rings. The molecule has 1 aromatic carbocycles. The molecule has 0 aliphatic heterocycles. The van der Waals surface area contributed by atoms with E-state index in [4.69, 9.17) is 10.8 Å². The number of fused-ring (bicyclic) bond motifs is 1. The summed E-state index contributed by atoms with van der Waals surface area (Å²) in [6.45, 7) is 4.84. The molecular formula is C18H24N6O. The number of nitrogens with zero attached hydrogens (tertiary/aromatic N) is 4. The van der Waals surface area contributed by atoms with Gasteiger partial charge in [-0.3, -0.25) is 4.57 Å². The van der Waals surface area contributed by atoms with E-state index in [-0.39, 0.29) is 12.6 Å².